The summed E-state index contributed by atoms with van der Waals surface area (Å²) in [5.41, 5.74) is 1.82. The minimum atomic E-state index is 0.393. The van der Waals surface area contributed by atoms with Crippen LogP contribution in [0.4, 0.5) is 11.5 Å². The van der Waals surface area contributed by atoms with E-state index in [4.69, 9.17) is 35.4 Å². The third kappa shape index (κ3) is 4.26. The van der Waals surface area contributed by atoms with Crippen LogP contribution in [0, 0.1) is 0 Å². The summed E-state index contributed by atoms with van der Waals surface area (Å²) < 4.78 is 1.84. The molecular formula is C17H14Cl2N4S. The van der Waals surface area contributed by atoms with Crippen molar-refractivity contribution in [1.29, 1.82) is 0 Å². The molecule has 0 saturated carbocycles. The Morgan fingerprint density at radius 1 is 1.00 bits per heavy atom. The number of benzene rings is 2. The van der Waals surface area contributed by atoms with Gasteiger partial charge in [-0.3, -0.25) is 4.68 Å². The summed E-state index contributed by atoms with van der Waals surface area (Å²) in [6.45, 7) is 0.697. The molecular weight excluding hydrogens is 363 g/mol. The number of hydrogen-bond acceptors (Lipinski definition) is 2. The maximum Gasteiger partial charge on any atom is 0.176 e. The first kappa shape index (κ1) is 16.8. The molecule has 122 valence electrons. The van der Waals surface area contributed by atoms with Crippen LogP contribution in [0.3, 0.4) is 0 Å². The molecule has 0 spiro atoms. The van der Waals surface area contributed by atoms with Gasteiger partial charge in [0.1, 0.15) is 0 Å². The Morgan fingerprint density at radius 3 is 2.58 bits per heavy atom. The van der Waals surface area contributed by atoms with E-state index in [0.717, 1.165) is 0 Å². The maximum atomic E-state index is 6.13. The molecule has 0 aliphatic rings. The van der Waals surface area contributed by atoms with Crippen molar-refractivity contribution in [2.75, 3.05) is 10.6 Å². The Hall–Kier alpha value is -2.08. The molecule has 24 heavy (non-hydrogen) atoms. The van der Waals surface area contributed by atoms with Gasteiger partial charge in [0.15, 0.2) is 10.9 Å². The number of thiocarbonyl (C=S) groups is 1. The minimum Gasteiger partial charge on any atom is -0.331 e. The Balaban J connectivity index is 1.62. The molecule has 7 heteroatoms. The highest BCUT2D eigenvalue weighted by Crippen LogP contribution is 2.29. The zero-order chi connectivity index (χ0) is 16.9. The number of nitrogens with one attached hydrogen (secondary N) is 2. The van der Waals surface area contributed by atoms with Gasteiger partial charge in [0.05, 0.1) is 22.3 Å². The second-order valence-electron chi connectivity index (χ2n) is 5.06. The van der Waals surface area contributed by atoms with Gasteiger partial charge < -0.3 is 10.6 Å². The molecule has 1 heterocycles. The zero-order valence-corrected chi connectivity index (χ0v) is 14.9. The second kappa shape index (κ2) is 7.66. The molecule has 0 radical (unpaired) electrons. The maximum absolute atomic E-state index is 6.13. The molecule has 0 atom stereocenters. The summed E-state index contributed by atoms with van der Waals surface area (Å²) in [4.78, 5) is 0. The first-order valence-electron chi connectivity index (χ1n) is 7.21. The van der Waals surface area contributed by atoms with E-state index in [1.54, 1.807) is 18.2 Å². The first-order chi connectivity index (χ1) is 11.6. The second-order valence-corrected chi connectivity index (χ2v) is 6.26. The van der Waals surface area contributed by atoms with E-state index in [9.17, 15) is 0 Å². The topological polar surface area (TPSA) is 41.9 Å². The molecule has 0 fully saturated rings. The number of nitrogens with zero attached hydrogens (tertiary/aromatic N) is 2. The van der Waals surface area contributed by atoms with Crippen molar-refractivity contribution in [3.8, 4) is 0 Å². The molecule has 2 aromatic carbocycles. The van der Waals surface area contributed by atoms with Gasteiger partial charge in [-0.15, -0.1) is 0 Å². The van der Waals surface area contributed by atoms with Gasteiger partial charge in [-0.05, 0) is 29.9 Å². The highest BCUT2D eigenvalue weighted by atomic mass is 35.5. The molecule has 0 saturated heterocycles. The van der Waals surface area contributed by atoms with E-state index in [-0.39, 0.29) is 0 Å². The first-order valence-corrected chi connectivity index (χ1v) is 8.37. The minimum absolute atomic E-state index is 0.393. The van der Waals surface area contributed by atoms with Crippen molar-refractivity contribution >= 4 is 52.0 Å². The summed E-state index contributed by atoms with van der Waals surface area (Å²) in [5.74, 6) is 0.654. The molecule has 0 amide bonds. The van der Waals surface area contributed by atoms with Crippen LogP contribution in [0.25, 0.3) is 0 Å². The largest absolute Gasteiger partial charge is 0.331 e. The van der Waals surface area contributed by atoms with Crippen LogP contribution < -0.4 is 10.6 Å². The molecule has 1 aromatic heterocycles. The fourth-order valence-electron chi connectivity index (χ4n) is 2.16. The average Bonchev–Trinajstić information content (AvgIpc) is 2.99. The van der Waals surface area contributed by atoms with Gasteiger partial charge in [0.2, 0.25) is 0 Å². The third-order valence-electron chi connectivity index (χ3n) is 3.27. The molecule has 2 N–H and O–H groups in total. The summed E-state index contributed by atoms with van der Waals surface area (Å²) in [6.07, 6.45) is 1.89. The number of halogens is 2. The Morgan fingerprint density at radius 2 is 1.79 bits per heavy atom. The molecule has 3 aromatic rings. The van der Waals surface area contributed by atoms with E-state index in [2.05, 4.69) is 27.9 Å². The lowest BCUT2D eigenvalue weighted by Crippen LogP contribution is -2.19. The van der Waals surface area contributed by atoms with Gasteiger partial charge >= 0.3 is 0 Å². The van der Waals surface area contributed by atoms with Crippen LogP contribution in [-0.2, 0) is 6.54 Å². The number of anilines is 2. The van der Waals surface area contributed by atoms with E-state index in [1.165, 1.54) is 5.56 Å². The van der Waals surface area contributed by atoms with Crippen LogP contribution in [0.2, 0.25) is 10.0 Å². The van der Waals surface area contributed by atoms with Crippen molar-refractivity contribution in [1.82, 2.24) is 9.78 Å². The molecule has 4 nitrogen and oxygen atoms in total. The number of hydrogen-bond donors (Lipinski definition) is 2. The Bertz CT molecular complexity index is 849. The normalized spacial score (nSPS) is 10.4. The van der Waals surface area contributed by atoms with Crippen LogP contribution >= 0.6 is 35.4 Å². The van der Waals surface area contributed by atoms with E-state index < -0.39 is 0 Å². The standard InChI is InChI=1S/C17H14Cl2N4S/c18-13-7-4-8-14(16(13)19)20-17(24)21-15-9-10-23(22-15)11-12-5-2-1-3-6-12/h1-10H,11H2,(H2,20,21,22,24). The fraction of sp³-hybridized carbons (Fsp3) is 0.0588. The molecule has 0 aliphatic heterocycles. The lowest BCUT2D eigenvalue weighted by Gasteiger charge is -2.10. The number of rotatable bonds is 4. The number of aromatic nitrogens is 2. The van der Waals surface area contributed by atoms with E-state index in [0.29, 0.717) is 33.2 Å². The molecule has 3 rings (SSSR count). The van der Waals surface area contributed by atoms with Crippen molar-refractivity contribution in [2.24, 2.45) is 0 Å². The van der Waals surface area contributed by atoms with Crippen molar-refractivity contribution in [2.45, 2.75) is 6.54 Å². The van der Waals surface area contributed by atoms with Crippen LogP contribution in [-0.4, -0.2) is 14.9 Å². The highest BCUT2D eigenvalue weighted by Gasteiger charge is 2.07. The van der Waals surface area contributed by atoms with Crippen LogP contribution in [0.15, 0.2) is 60.8 Å². The van der Waals surface area contributed by atoms with Crippen molar-refractivity contribution in [3.05, 3.63) is 76.4 Å². The molecule has 0 bridgehead atoms. The lowest BCUT2D eigenvalue weighted by molar-refractivity contribution is 0.690. The van der Waals surface area contributed by atoms with E-state index in [1.807, 2.05) is 35.1 Å². The van der Waals surface area contributed by atoms with Crippen molar-refractivity contribution < 1.29 is 0 Å². The predicted molar refractivity (Wildman–Crippen MR) is 104 cm³/mol. The van der Waals surface area contributed by atoms with E-state index >= 15 is 0 Å². The zero-order valence-electron chi connectivity index (χ0n) is 12.5. The summed E-state index contributed by atoms with van der Waals surface area (Å²) in [5, 5.41) is 11.8. The lowest BCUT2D eigenvalue weighted by atomic mass is 10.2. The summed E-state index contributed by atoms with van der Waals surface area (Å²) >= 11 is 17.4. The highest BCUT2D eigenvalue weighted by molar-refractivity contribution is 7.80. The van der Waals surface area contributed by atoms with Gasteiger partial charge in [0.25, 0.3) is 0 Å². The Kier molecular flexibility index (Phi) is 5.35. The molecule has 0 aliphatic carbocycles. The molecule has 0 unspecified atom stereocenters. The summed E-state index contributed by atoms with van der Waals surface area (Å²) in [7, 11) is 0. The van der Waals surface area contributed by atoms with Gasteiger partial charge in [-0.1, -0.05) is 59.6 Å². The smallest absolute Gasteiger partial charge is 0.176 e. The van der Waals surface area contributed by atoms with Crippen LogP contribution in [0.1, 0.15) is 5.56 Å². The van der Waals surface area contributed by atoms with Crippen molar-refractivity contribution in [3.63, 3.8) is 0 Å². The van der Waals surface area contributed by atoms with Gasteiger partial charge in [-0.25, -0.2) is 0 Å². The average molecular weight is 377 g/mol. The summed E-state index contributed by atoms with van der Waals surface area (Å²) in [6, 6.07) is 17.3. The third-order valence-corrected chi connectivity index (χ3v) is 4.29. The van der Waals surface area contributed by atoms with Gasteiger partial charge in [0, 0.05) is 12.3 Å². The monoisotopic (exact) mass is 376 g/mol. The quantitative estimate of drug-likeness (QED) is 0.625. The Labute approximate surface area is 155 Å². The fourth-order valence-corrected chi connectivity index (χ4v) is 2.72. The predicted octanol–water partition coefficient (Wildman–Crippen LogP) is 5.05. The van der Waals surface area contributed by atoms with Gasteiger partial charge in [-0.2, -0.15) is 5.10 Å². The van der Waals surface area contributed by atoms with Crippen LogP contribution in [0.5, 0.6) is 0 Å². The SMILES string of the molecule is S=C(Nc1ccn(Cc2ccccc2)n1)Nc1cccc(Cl)c1Cl.